The number of hydrogen-bond donors (Lipinski definition) is 0. The number of esters is 1. The van der Waals surface area contributed by atoms with Crippen LogP contribution in [-0.2, 0) is 14.3 Å². The van der Waals surface area contributed by atoms with Gasteiger partial charge >= 0.3 is 5.97 Å². The van der Waals surface area contributed by atoms with Crippen LogP contribution in [0.5, 0.6) is 0 Å². The van der Waals surface area contributed by atoms with Crippen molar-refractivity contribution in [1.29, 1.82) is 0 Å². The number of allylic oxidation sites excluding steroid dienone is 6. The number of aliphatic imine (C=N–C) groups is 1. The molecule has 0 spiro atoms. The molecule has 0 rings (SSSR count). The van der Waals surface area contributed by atoms with Gasteiger partial charge in [-0.15, -0.1) is 0 Å². The Kier molecular flexibility index (Phi) is 11.1. The number of Topliss-reactive ketones (excluding diaryl/α,β-unsaturated/α-hetero) is 1. The Balaban J connectivity index is 7.24. The van der Waals surface area contributed by atoms with E-state index in [1.807, 2.05) is 32.9 Å². The summed E-state index contributed by atoms with van der Waals surface area (Å²) in [7, 11) is 0. The third-order valence-electron chi connectivity index (χ3n) is 4.70. The van der Waals surface area contributed by atoms with Gasteiger partial charge in [-0.25, -0.2) is 4.79 Å². The Morgan fingerprint density at radius 1 is 1.07 bits per heavy atom. The van der Waals surface area contributed by atoms with Crippen LogP contribution in [0.15, 0.2) is 63.4 Å². The second kappa shape index (κ2) is 12.2. The zero-order valence-electron chi connectivity index (χ0n) is 19.4. The van der Waals surface area contributed by atoms with Crippen molar-refractivity contribution in [3.05, 3.63) is 58.4 Å². The molecular formula is C25H37NO3. The van der Waals surface area contributed by atoms with E-state index in [1.54, 1.807) is 13.1 Å². The third kappa shape index (κ3) is 7.80. The maximum atomic E-state index is 12.9. The number of carbonyl (C=O) groups is 2. The molecule has 0 atom stereocenters. The Labute approximate surface area is 176 Å². The van der Waals surface area contributed by atoms with Gasteiger partial charge in [0.2, 0.25) is 0 Å². The van der Waals surface area contributed by atoms with Crippen LogP contribution in [0.25, 0.3) is 0 Å². The van der Waals surface area contributed by atoms with Gasteiger partial charge in [-0.05, 0) is 58.7 Å². The van der Waals surface area contributed by atoms with Gasteiger partial charge in [0.1, 0.15) is 0 Å². The third-order valence-corrected chi connectivity index (χ3v) is 4.70. The van der Waals surface area contributed by atoms with Crippen LogP contribution in [0, 0.1) is 5.41 Å². The van der Waals surface area contributed by atoms with E-state index >= 15 is 0 Å². The predicted molar refractivity (Wildman–Crippen MR) is 123 cm³/mol. The van der Waals surface area contributed by atoms with E-state index in [9.17, 15) is 9.59 Å². The van der Waals surface area contributed by atoms with Crippen molar-refractivity contribution in [1.82, 2.24) is 0 Å². The van der Waals surface area contributed by atoms with Crippen molar-refractivity contribution in [2.75, 3.05) is 6.61 Å². The Bertz CT molecular complexity index is 770. The fraction of sp³-hybridized carbons (Fsp3) is 0.480. The second-order valence-electron chi connectivity index (χ2n) is 7.97. The van der Waals surface area contributed by atoms with E-state index in [4.69, 9.17) is 4.74 Å². The van der Waals surface area contributed by atoms with Crippen molar-refractivity contribution in [2.45, 2.75) is 68.2 Å². The number of rotatable bonds is 11. The normalized spacial score (nSPS) is 13.0. The van der Waals surface area contributed by atoms with Crippen LogP contribution in [-0.4, -0.2) is 25.1 Å². The molecule has 0 fully saturated rings. The summed E-state index contributed by atoms with van der Waals surface area (Å²) < 4.78 is 5.31. The highest BCUT2D eigenvalue weighted by Gasteiger charge is 2.28. The standard InChI is InChI=1S/C25H37NO3/c1-11-14-20(16-26-10)23(21(17(4)5)24(28)29-13-3)22(19(7)27)18(6)15-25(8,9)12-2/h11,14,16H,6,10,12-13,15H2,1-5,7-9H3/b14-11-,20-16+,23-22+. The summed E-state index contributed by atoms with van der Waals surface area (Å²) in [4.78, 5) is 29.6. The minimum absolute atomic E-state index is 0.0287. The van der Waals surface area contributed by atoms with Gasteiger partial charge in [0.25, 0.3) is 0 Å². The molecule has 0 aliphatic rings. The first-order valence-corrected chi connectivity index (χ1v) is 10.0. The molecule has 0 aliphatic heterocycles. The molecule has 4 heteroatoms. The average molecular weight is 400 g/mol. The molecule has 0 saturated heterocycles. The first-order valence-electron chi connectivity index (χ1n) is 10.0. The quantitative estimate of drug-likeness (QED) is 0.177. The van der Waals surface area contributed by atoms with Crippen LogP contribution in [0.2, 0.25) is 0 Å². The first kappa shape index (κ1) is 26.5. The smallest absolute Gasteiger partial charge is 0.338 e. The summed E-state index contributed by atoms with van der Waals surface area (Å²) in [6, 6.07) is 0. The summed E-state index contributed by atoms with van der Waals surface area (Å²) in [5.74, 6) is -0.623. The van der Waals surface area contributed by atoms with Crippen molar-refractivity contribution in [2.24, 2.45) is 10.4 Å². The largest absolute Gasteiger partial charge is 0.462 e. The maximum absolute atomic E-state index is 12.9. The lowest BCUT2D eigenvalue weighted by Gasteiger charge is -2.26. The van der Waals surface area contributed by atoms with Gasteiger partial charge in [0, 0.05) is 22.9 Å². The van der Waals surface area contributed by atoms with Gasteiger partial charge in [0.15, 0.2) is 5.78 Å². The molecule has 0 aromatic rings. The maximum Gasteiger partial charge on any atom is 0.338 e. The highest BCUT2D eigenvalue weighted by Crippen LogP contribution is 2.37. The molecule has 0 aromatic carbocycles. The average Bonchev–Trinajstić information content (AvgIpc) is 2.60. The molecule has 0 aromatic heterocycles. The Hall–Kier alpha value is -2.49. The molecule has 0 radical (unpaired) electrons. The molecule has 0 amide bonds. The molecule has 4 nitrogen and oxygen atoms in total. The van der Waals surface area contributed by atoms with E-state index in [2.05, 4.69) is 39.1 Å². The number of ketones is 1. The van der Waals surface area contributed by atoms with Gasteiger partial charge in [0.05, 0.1) is 12.2 Å². The first-order chi connectivity index (χ1) is 13.5. The molecular weight excluding hydrogens is 362 g/mol. The molecule has 29 heavy (non-hydrogen) atoms. The molecule has 0 unspecified atom stereocenters. The summed E-state index contributed by atoms with van der Waals surface area (Å²) in [6.07, 6.45) is 6.77. The van der Waals surface area contributed by atoms with Gasteiger partial charge < -0.3 is 4.74 Å². The molecule has 0 heterocycles. The minimum atomic E-state index is -0.469. The monoisotopic (exact) mass is 399 g/mol. The highest BCUT2D eigenvalue weighted by molar-refractivity contribution is 6.05. The number of carbonyl (C=O) groups excluding carboxylic acids is 2. The van der Waals surface area contributed by atoms with Crippen molar-refractivity contribution in [3.8, 4) is 0 Å². The van der Waals surface area contributed by atoms with E-state index in [0.29, 0.717) is 34.3 Å². The van der Waals surface area contributed by atoms with Gasteiger partial charge in [-0.1, -0.05) is 51.5 Å². The van der Waals surface area contributed by atoms with E-state index in [-0.39, 0.29) is 17.8 Å². The molecule has 0 N–H and O–H groups in total. The predicted octanol–water partition coefficient (Wildman–Crippen LogP) is 6.31. The number of nitrogens with zero attached hydrogens (tertiary/aromatic N) is 1. The van der Waals surface area contributed by atoms with Crippen LogP contribution < -0.4 is 0 Å². The van der Waals surface area contributed by atoms with Crippen LogP contribution in [0.1, 0.15) is 68.2 Å². The summed E-state index contributed by atoms with van der Waals surface area (Å²) in [6.45, 7) is 23.2. The van der Waals surface area contributed by atoms with Crippen molar-refractivity contribution < 1.29 is 14.3 Å². The minimum Gasteiger partial charge on any atom is -0.462 e. The Morgan fingerprint density at radius 3 is 2.03 bits per heavy atom. The van der Waals surface area contributed by atoms with Crippen LogP contribution >= 0.6 is 0 Å². The van der Waals surface area contributed by atoms with E-state index in [1.165, 1.54) is 6.92 Å². The van der Waals surface area contributed by atoms with Crippen molar-refractivity contribution >= 4 is 18.5 Å². The van der Waals surface area contributed by atoms with Gasteiger partial charge in [-0.2, -0.15) is 0 Å². The Morgan fingerprint density at radius 2 is 1.66 bits per heavy atom. The fourth-order valence-corrected chi connectivity index (χ4v) is 3.03. The summed E-state index contributed by atoms with van der Waals surface area (Å²) in [5.41, 5.74) is 3.33. The van der Waals surface area contributed by atoms with Crippen LogP contribution in [0.3, 0.4) is 0 Å². The van der Waals surface area contributed by atoms with E-state index in [0.717, 1.165) is 12.0 Å². The SMILES string of the molecule is C=N/C=C(\C=C/C)C(/C(C(=O)OCC)=C(C)C)=C(/C(=C)CC(C)(C)CC)C(C)=O. The lowest BCUT2D eigenvalue weighted by molar-refractivity contribution is -0.138. The van der Waals surface area contributed by atoms with Gasteiger partial charge in [-0.3, -0.25) is 9.79 Å². The number of ether oxygens (including phenoxy) is 1. The fourth-order valence-electron chi connectivity index (χ4n) is 3.03. The topological polar surface area (TPSA) is 55.7 Å². The summed E-state index contributed by atoms with van der Waals surface area (Å²) in [5, 5.41) is 0. The summed E-state index contributed by atoms with van der Waals surface area (Å²) >= 11 is 0. The molecule has 0 bridgehead atoms. The molecule has 160 valence electrons. The zero-order valence-corrected chi connectivity index (χ0v) is 19.4. The van der Waals surface area contributed by atoms with Crippen molar-refractivity contribution in [3.63, 3.8) is 0 Å². The highest BCUT2D eigenvalue weighted by atomic mass is 16.5. The number of hydrogen-bond acceptors (Lipinski definition) is 4. The second-order valence-corrected chi connectivity index (χ2v) is 7.97. The molecule has 0 saturated carbocycles. The lowest BCUT2D eigenvalue weighted by Crippen LogP contribution is -2.19. The lowest BCUT2D eigenvalue weighted by atomic mass is 9.78. The molecule has 0 aliphatic carbocycles. The zero-order chi connectivity index (χ0) is 22.8. The van der Waals surface area contributed by atoms with E-state index < -0.39 is 5.97 Å². The van der Waals surface area contributed by atoms with Crippen LogP contribution in [0.4, 0.5) is 0 Å².